The summed E-state index contributed by atoms with van der Waals surface area (Å²) >= 11 is 0. The molecule has 0 radical (unpaired) electrons. The van der Waals surface area contributed by atoms with E-state index in [1.165, 1.54) is 10.9 Å². The minimum Gasteiger partial charge on any atom is -0.485 e. The number of rotatable bonds is 6. The maximum atomic E-state index is 6.24. The summed E-state index contributed by atoms with van der Waals surface area (Å²) < 4.78 is 8.53. The molecule has 0 amide bonds. The Morgan fingerprint density at radius 2 is 1.48 bits per heavy atom. The molecule has 0 N–H and O–H groups in total. The highest BCUT2D eigenvalue weighted by Crippen LogP contribution is 2.26. The number of ether oxygens (including phenoxy) is 1. The zero-order chi connectivity index (χ0) is 19.5. The van der Waals surface area contributed by atoms with E-state index in [4.69, 9.17) is 9.72 Å². The summed E-state index contributed by atoms with van der Waals surface area (Å²) in [5.74, 6) is 1.85. The van der Waals surface area contributed by atoms with Crippen LogP contribution in [0.15, 0.2) is 97.1 Å². The highest BCUT2D eigenvalue weighted by Gasteiger charge is 2.12. The van der Waals surface area contributed by atoms with Crippen molar-refractivity contribution in [1.29, 1.82) is 0 Å². The largest absolute Gasteiger partial charge is 0.485 e. The predicted octanol–water partition coefficient (Wildman–Crippen LogP) is 6.01. The molecule has 1 heterocycles. The number of aromatic nitrogens is 2. The number of nitrogens with zero attached hydrogens (tertiary/aromatic N) is 2. The van der Waals surface area contributed by atoms with Crippen LogP contribution in [0, 0.1) is 0 Å². The summed E-state index contributed by atoms with van der Waals surface area (Å²) in [7, 11) is 0. The zero-order valence-corrected chi connectivity index (χ0v) is 16.2. The Balaban J connectivity index is 1.44. The second-order valence-corrected chi connectivity index (χ2v) is 7.17. The first-order valence-corrected chi connectivity index (χ1v) is 9.97. The van der Waals surface area contributed by atoms with Gasteiger partial charge in [0.15, 0.2) is 0 Å². The molecular weight excluding hydrogens is 356 g/mol. The smallest absolute Gasteiger partial charge is 0.148 e. The van der Waals surface area contributed by atoms with Crippen LogP contribution in [0.2, 0.25) is 0 Å². The Morgan fingerprint density at radius 1 is 0.724 bits per heavy atom. The molecule has 0 bridgehead atoms. The summed E-state index contributed by atoms with van der Waals surface area (Å²) in [5.41, 5.74) is 3.49. The Bertz CT molecular complexity index is 1250. The van der Waals surface area contributed by atoms with Crippen LogP contribution in [-0.2, 0) is 19.6 Å². The number of benzene rings is 4. The first-order valence-electron chi connectivity index (χ1n) is 9.97. The van der Waals surface area contributed by atoms with E-state index in [0.29, 0.717) is 6.61 Å². The lowest BCUT2D eigenvalue weighted by Crippen LogP contribution is -2.09. The maximum Gasteiger partial charge on any atom is 0.148 e. The van der Waals surface area contributed by atoms with Crippen molar-refractivity contribution in [1.82, 2.24) is 9.55 Å². The van der Waals surface area contributed by atoms with E-state index >= 15 is 0 Å². The van der Waals surface area contributed by atoms with Crippen LogP contribution in [0.3, 0.4) is 0 Å². The SMILES string of the molecule is c1ccc(CCn2c(COc3cccc4ccccc34)nc3ccccc32)cc1. The molecule has 0 aliphatic rings. The molecule has 1 aromatic heterocycles. The minimum atomic E-state index is 0.442. The van der Waals surface area contributed by atoms with Gasteiger partial charge in [-0.1, -0.05) is 78.9 Å². The highest BCUT2D eigenvalue weighted by atomic mass is 16.5. The van der Waals surface area contributed by atoms with Crippen molar-refractivity contribution < 1.29 is 4.74 Å². The summed E-state index contributed by atoms with van der Waals surface area (Å²) in [6.45, 7) is 1.32. The van der Waals surface area contributed by atoms with E-state index in [0.717, 1.165) is 41.0 Å². The van der Waals surface area contributed by atoms with Crippen molar-refractivity contribution in [3.05, 3.63) is 108 Å². The van der Waals surface area contributed by atoms with Gasteiger partial charge in [-0.15, -0.1) is 0 Å². The third-order valence-electron chi connectivity index (χ3n) is 5.31. The number of aryl methyl sites for hydroxylation is 2. The van der Waals surface area contributed by atoms with Gasteiger partial charge >= 0.3 is 0 Å². The molecule has 0 spiro atoms. The van der Waals surface area contributed by atoms with Gasteiger partial charge < -0.3 is 9.30 Å². The molecule has 0 atom stereocenters. The first kappa shape index (κ1) is 17.5. The molecule has 3 nitrogen and oxygen atoms in total. The lowest BCUT2D eigenvalue weighted by atomic mass is 10.1. The number of imidazole rings is 1. The fourth-order valence-corrected chi connectivity index (χ4v) is 3.83. The van der Waals surface area contributed by atoms with E-state index in [1.54, 1.807) is 0 Å². The van der Waals surface area contributed by atoms with Crippen molar-refractivity contribution in [2.75, 3.05) is 0 Å². The van der Waals surface area contributed by atoms with Crippen molar-refractivity contribution in [3.63, 3.8) is 0 Å². The average molecular weight is 378 g/mol. The van der Waals surface area contributed by atoms with Gasteiger partial charge in [0.05, 0.1) is 11.0 Å². The van der Waals surface area contributed by atoms with Crippen LogP contribution >= 0.6 is 0 Å². The number of fused-ring (bicyclic) bond motifs is 2. The minimum absolute atomic E-state index is 0.442. The van der Waals surface area contributed by atoms with E-state index in [1.807, 2.05) is 24.3 Å². The summed E-state index contributed by atoms with van der Waals surface area (Å²) in [5, 5.41) is 2.31. The fraction of sp³-hybridized carbons (Fsp3) is 0.115. The van der Waals surface area contributed by atoms with E-state index in [2.05, 4.69) is 77.4 Å². The molecule has 4 aromatic carbocycles. The van der Waals surface area contributed by atoms with Crippen LogP contribution in [0.1, 0.15) is 11.4 Å². The molecule has 0 saturated heterocycles. The van der Waals surface area contributed by atoms with Crippen LogP contribution in [0.4, 0.5) is 0 Å². The summed E-state index contributed by atoms with van der Waals surface area (Å²) in [6.07, 6.45) is 0.961. The lowest BCUT2D eigenvalue weighted by Gasteiger charge is -2.12. The lowest BCUT2D eigenvalue weighted by molar-refractivity contribution is 0.293. The average Bonchev–Trinajstić information content (AvgIpc) is 3.14. The molecule has 0 aliphatic carbocycles. The Labute approximate surface area is 170 Å². The van der Waals surface area contributed by atoms with Gasteiger partial charge in [-0.25, -0.2) is 4.98 Å². The van der Waals surface area contributed by atoms with Gasteiger partial charge in [-0.3, -0.25) is 0 Å². The number of para-hydroxylation sites is 2. The molecule has 5 rings (SSSR count). The Hall–Kier alpha value is -3.59. The number of hydrogen-bond acceptors (Lipinski definition) is 2. The monoisotopic (exact) mass is 378 g/mol. The molecule has 0 saturated carbocycles. The van der Waals surface area contributed by atoms with Gasteiger partial charge in [0.2, 0.25) is 0 Å². The van der Waals surface area contributed by atoms with E-state index in [9.17, 15) is 0 Å². The van der Waals surface area contributed by atoms with Gasteiger partial charge in [-0.05, 0) is 35.6 Å². The van der Waals surface area contributed by atoms with Gasteiger partial charge in [0.25, 0.3) is 0 Å². The third-order valence-corrected chi connectivity index (χ3v) is 5.31. The molecule has 3 heteroatoms. The first-order chi connectivity index (χ1) is 14.4. The molecular formula is C26H22N2O. The van der Waals surface area contributed by atoms with Crippen molar-refractivity contribution in [2.24, 2.45) is 0 Å². The molecule has 29 heavy (non-hydrogen) atoms. The van der Waals surface area contributed by atoms with Crippen molar-refractivity contribution in [2.45, 2.75) is 19.6 Å². The second kappa shape index (κ2) is 7.80. The molecule has 5 aromatic rings. The summed E-state index contributed by atoms with van der Waals surface area (Å²) in [4.78, 5) is 4.86. The van der Waals surface area contributed by atoms with Gasteiger partial charge in [0.1, 0.15) is 18.2 Å². The van der Waals surface area contributed by atoms with Crippen LogP contribution in [0.5, 0.6) is 5.75 Å². The topological polar surface area (TPSA) is 27.1 Å². The standard InChI is InChI=1S/C26H22N2O/c1-2-9-20(10-3-1)17-18-28-24-15-7-6-14-23(24)27-26(28)19-29-25-16-8-12-21-11-4-5-13-22(21)25/h1-16H,17-19H2. The fourth-order valence-electron chi connectivity index (χ4n) is 3.83. The highest BCUT2D eigenvalue weighted by molar-refractivity contribution is 5.88. The summed E-state index contributed by atoms with van der Waals surface area (Å²) in [6, 6.07) is 33.4. The second-order valence-electron chi connectivity index (χ2n) is 7.17. The third kappa shape index (κ3) is 3.59. The normalized spacial score (nSPS) is 11.2. The van der Waals surface area contributed by atoms with Gasteiger partial charge in [-0.2, -0.15) is 0 Å². The molecule has 0 unspecified atom stereocenters. The van der Waals surface area contributed by atoms with E-state index < -0.39 is 0 Å². The molecule has 0 fully saturated rings. The maximum absolute atomic E-state index is 6.24. The van der Waals surface area contributed by atoms with Crippen molar-refractivity contribution >= 4 is 21.8 Å². The zero-order valence-electron chi connectivity index (χ0n) is 16.2. The predicted molar refractivity (Wildman–Crippen MR) is 118 cm³/mol. The van der Waals surface area contributed by atoms with Crippen LogP contribution in [-0.4, -0.2) is 9.55 Å². The van der Waals surface area contributed by atoms with Crippen molar-refractivity contribution in [3.8, 4) is 5.75 Å². The molecule has 142 valence electrons. The number of hydrogen-bond donors (Lipinski definition) is 0. The Morgan fingerprint density at radius 3 is 2.41 bits per heavy atom. The van der Waals surface area contributed by atoms with Gasteiger partial charge in [0, 0.05) is 11.9 Å². The quantitative estimate of drug-likeness (QED) is 0.362. The van der Waals surface area contributed by atoms with E-state index in [-0.39, 0.29) is 0 Å². The Kier molecular flexibility index (Phi) is 4.71. The van der Waals surface area contributed by atoms with Crippen LogP contribution < -0.4 is 4.74 Å². The van der Waals surface area contributed by atoms with Crippen LogP contribution in [0.25, 0.3) is 21.8 Å². The molecule has 0 aliphatic heterocycles.